The normalized spacial score (nSPS) is 12.5. The molecule has 0 amide bonds. The van der Waals surface area contributed by atoms with Crippen LogP contribution in [0.1, 0.15) is 206 Å². The molecule has 3 nitrogen and oxygen atoms in total. The molecule has 0 spiro atoms. The van der Waals surface area contributed by atoms with Gasteiger partial charge in [-0.05, 0) is 44.9 Å². The minimum Gasteiger partial charge on any atom is -0.498 e. The van der Waals surface area contributed by atoms with Crippen LogP contribution in [0.25, 0.3) is 0 Å². The predicted octanol–water partition coefficient (Wildman–Crippen LogP) is 13.4. The van der Waals surface area contributed by atoms with E-state index in [0.29, 0.717) is 6.61 Å². The van der Waals surface area contributed by atoms with Crippen LogP contribution in [0.15, 0.2) is 24.7 Å². The minimum atomic E-state index is 0.0586. The van der Waals surface area contributed by atoms with Crippen molar-refractivity contribution < 1.29 is 9.47 Å². The zero-order valence-corrected chi connectivity index (χ0v) is 29.8. The van der Waals surface area contributed by atoms with Gasteiger partial charge in [-0.1, -0.05) is 181 Å². The summed E-state index contributed by atoms with van der Waals surface area (Å²) in [6.07, 6.45) is 49.9. The molecule has 0 saturated heterocycles. The second-order valence-electron chi connectivity index (χ2n) is 13.2. The second-order valence-corrected chi connectivity index (χ2v) is 13.2. The molecule has 1 unspecified atom stereocenters. The van der Waals surface area contributed by atoms with Crippen LogP contribution in [0, 0.1) is 0 Å². The summed E-state index contributed by atoms with van der Waals surface area (Å²) >= 11 is 0. The molecule has 1 atom stereocenters. The van der Waals surface area contributed by atoms with Crippen LogP contribution < -0.4 is 5.32 Å². The number of allylic oxidation sites excluding steroid dienone is 2. The molecule has 0 rings (SSSR count). The molecule has 0 aliphatic carbocycles. The lowest BCUT2D eigenvalue weighted by molar-refractivity contribution is 0.0691. The maximum atomic E-state index is 5.93. The Morgan fingerprint density at radius 1 is 0.442 bits per heavy atom. The van der Waals surface area contributed by atoms with Crippen LogP contribution in [0.2, 0.25) is 0 Å². The summed E-state index contributed by atoms with van der Waals surface area (Å²) in [6.45, 7) is 5.99. The highest BCUT2D eigenvalue weighted by molar-refractivity contribution is 4.77. The second kappa shape index (κ2) is 39.1. The summed E-state index contributed by atoms with van der Waals surface area (Å²) in [5, 5.41) is 3.22. The number of nitrogens with one attached hydrogen (secondary N) is 1. The minimum absolute atomic E-state index is 0.0586. The lowest BCUT2D eigenvalue weighted by Gasteiger charge is -2.15. The first-order chi connectivity index (χ1) is 21.3. The largest absolute Gasteiger partial charge is 0.498 e. The summed E-state index contributed by atoms with van der Waals surface area (Å²) < 4.78 is 11.7. The molecule has 0 aromatic heterocycles. The SMILES string of the molecule is CCCCCCCCCCCCCCCCC=COCC(CNC)OC=CCCCCCCCCCCCCCCCC. The molecule has 0 aliphatic heterocycles. The highest BCUT2D eigenvalue weighted by Crippen LogP contribution is 2.15. The topological polar surface area (TPSA) is 30.5 Å². The van der Waals surface area contributed by atoms with Crippen molar-refractivity contribution in [2.75, 3.05) is 20.2 Å². The maximum Gasteiger partial charge on any atom is 0.144 e. The van der Waals surface area contributed by atoms with Crippen molar-refractivity contribution in [2.45, 2.75) is 213 Å². The first kappa shape index (κ1) is 42.0. The molecule has 0 saturated carbocycles. The van der Waals surface area contributed by atoms with E-state index < -0.39 is 0 Å². The molecule has 0 heterocycles. The number of hydrogen-bond acceptors (Lipinski definition) is 3. The van der Waals surface area contributed by atoms with E-state index in [1.165, 1.54) is 180 Å². The monoisotopic (exact) mass is 606 g/mol. The van der Waals surface area contributed by atoms with Crippen molar-refractivity contribution in [1.82, 2.24) is 5.32 Å². The van der Waals surface area contributed by atoms with Gasteiger partial charge in [0.15, 0.2) is 0 Å². The van der Waals surface area contributed by atoms with Gasteiger partial charge < -0.3 is 14.8 Å². The van der Waals surface area contributed by atoms with Crippen molar-refractivity contribution in [3.05, 3.63) is 24.7 Å². The summed E-state index contributed by atoms with van der Waals surface area (Å²) in [7, 11) is 1.97. The van der Waals surface area contributed by atoms with Gasteiger partial charge in [0.25, 0.3) is 0 Å². The Hall–Kier alpha value is -0.960. The van der Waals surface area contributed by atoms with Gasteiger partial charge in [-0.15, -0.1) is 0 Å². The molecule has 0 aliphatic rings. The summed E-state index contributed by atoms with van der Waals surface area (Å²) in [5.41, 5.74) is 0. The van der Waals surface area contributed by atoms with Crippen LogP contribution >= 0.6 is 0 Å². The molecular weight excluding hydrogens is 526 g/mol. The van der Waals surface area contributed by atoms with Crippen molar-refractivity contribution in [2.24, 2.45) is 0 Å². The predicted molar refractivity (Wildman–Crippen MR) is 193 cm³/mol. The zero-order chi connectivity index (χ0) is 31.2. The van der Waals surface area contributed by atoms with Gasteiger partial charge in [0.2, 0.25) is 0 Å². The Morgan fingerprint density at radius 2 is 0.767 bits per heavy atom. The summed E-state index contributed by atoms with van der Waals surface area (Å²) in [5.74, 6) is 0. The van der Waals surface area contributed by atoms with Gasteiger partial charge in [-0.2, -0.15) is 0 Å². The summed E-state index contributed by atoms with van der Waals surface area (Å²) in [4.78, 5) is 0. The van der Waals surface area contributed by atoms with E-state index in [4.69, 9.17) is 9.47 Å². The fourth-order valence-corrected chi connectivity index (χ4v) is 5.82. The van der Waals surface area contributed by atoms with Gasteiger partial charge in [-0.25, -0.2) is 0 Å². The van der Waals surface area contributed by atoms with E-state index in [1.54, 1.807) is 0 Å². The molecule has 1 N–H and O–H groups in total. The molecule has 0 bridgehead atoms. The van der Waals surface area contributed by atoms with Crippen molar-refractivity contribution >= 4 is 0 Å². The first-order valence-corrected chi connectivity index (χ1v) is 19.6. The Morgan fingerprint density at radius 3 is 1.12 bits per heavy atom. The van der Waals surface area contributed by atoms with E-state index in [-0.39, 0.29) is 6.10 Å². The third-order valence-corrected chi connectivity index (χ3v) is 8.72. The van der Waals surface area contributed by atoms with Crippen molar-refractivity contribution in [3.8, 4) is 0 Å². The fourth-order valence-electron chi connectivity index (χ4n) is 5.82. The van der Waals surface area contributed by atoms with Gasteiger partial charge in [0.05, 0.1) is 12.5 Å². The number of unbranched alkanes of at least 4 members (excludes halogenated alkanes) is 28. The lowest BCUT2D eigenvalue weighted by atomic mass is 10.0. The Balaban J connectivity index is 3.48. The van der Waals surface area contributed by atoms with Crippen LogP contribution in [0.4, 0.5) is 0 Å². The quantitative estimate of drug-likeness (QED) is 0.0564. The third-order valence-electron chi connectivity index (χ3n) is 8.72. The molecule has 3 heteroatoms. The van der Waals surface area contributed by atoms with E-state index in [9.17, 15) is 0 Å². The highest BCUT2D eigenvalue weighted by atomic mass is 16.5. The average Bonchev–Trinajstić information content (AvgIpc) is 3.01. The van der Waals surface area contributed by atoms with Crippen LogP contribution in [-0.4, -0.2) is 26.3 Å². The van der Waals surface area contributed by atoms with Crippen molar-refractivity contribution in [1.29, 1.82) is 0 Å². The van der Waals surface area contributed by atoms with Crippen LogP contribution in [0.5, 0.6) is 0 Å². The third kappa shape index (κ3) is 37.1. The van der Waals surface area contributed by atoms with Gasteiger partial charge in [-0.3, -0.25) is 0 Å². The Kier molecular flexibility index (Phi) is 38.2. The number of ether oxygens (including phenoxy) is 2. The standard InChI is InChI=1S/C40H79NO2/c1-4-6-8-10-12-14-16-18-20-22-24-26-28-30-32-34-36-42-39-40(38-41-3)43-37-35-33-31-29-27-25-23-21-19-17-15-13-11-9-7-5-2/h34-37,40-41H,4-33,38-39H2,1-3H3. The molecule has 0 aromatic carbocycles. The van der Waals surface area contributed by atoms with E-state index in [2.05, 4.69) is 31.3 Å². The number of likely N-dealkylation sites (N-methyl/N-ethyl adjacent to an activating group) is 1. The van der Waals surface area contributed by atoms with Gasteiger partial charge >= 0.3 is 0 Å². The Bertz CT molecular complexity index is 547. The van der Waals surface area contributed by atoms with Crippen LogP contribution in [-0.2, 0) is 9.47 Å². The molecule has 0 fully saturated rings. The lowest BCUT2D eigenvalue weighted by Crippen LogP contribution is -2.29. The summed E-state index contributed by atoms with van der Waals surface area (Å²) in [6, 6.07) is 0. The number of rotatable bonds is 37. The maximum absolute atomic E-state index is 5.93. The molecule has 0 aromatic rings. The van der Waals surface area contributed by atoms with Gasteiger partial charge in [0.1, 0.15) is 12.7 Å². The molecular formula is C40H79NO2. The zero-order valence-electron chi connectivity index (χ0n) is 29.8. The fraction of sp³-hybridized carbons (Fsp3) is 0.900. The Labute approximate surface area is 271 Å². The number of hydrogen-bond donors (Lipinski definition) is 1. The molecule has 256 valence electrons. The van der Waals surface area contributed by atoms with E-state index in [0.717, 1.165) is 19.4 Å². The molecule has 43 heavy (non-hydrogen) atoms. The van der Waals surface area contributed by atoms with E-state index >= 15 is 0 Å². The smallest absolute Gasteiger partial charge is 0.144 e. The molecule has 0 radical (unpaired) electrons. The van der Waals surface area contributed by atoms with Gasteiger partial charge in [0, 0.05) is 6.54 Å². The first-order valence-electron chi connectivity index (χ1n) is 19.6. The highest BCUT2D eigenvalue weighted by Gasteiger charge is 2.06. The average molecular weight is 606 g/mol. The van der Waals surface area contributed by atoms with E-state index in [1.807, 2.05) is 19.6 Å². The van der Waals surface area contributed by atoms with Crippen molar-refractivity contribution in [3.63, 3.8) is 0 Å². The van der Waals surface area contributed by atoms with Crippen LogP contribution in [0.3, 0.4) is 0 Å².